The van der Waals surface area contributed by atoms with E-state index in [0.29, 0.717) is 0 Å². The maximum absolute atomic E-state index is 13.0. The molecule has 2 aliphatic rings. The largest absolute Gasteiger partial charge is 0.438 e. The van der Waals surface area contributed by atoms with Gasteiger partial charge in [0.05, 0.1) is 11.3 Å². The van der Waals surface area contributed by atoms with Crippen LogP contribution in [0.3, 0.4) is 0 Å². The highest BCUT2D eigenvalue weighted by Gasteiger charge is 2.63. The number of amides is 1. The van der Waals surface area contributed by atoms with Crippen molar-refractivity contribution >= 4 is 39.1 Å². The average molecular weight is 426 g/mol. The molecule has 1 amide bonds. The Labute approximate surface area is 168 Å². The first kappa shape index (κ1) is 20.5. The zero-order valence-electron chi connectivity index (χ0n) is 15.8. The van der Waals surface area contributed by atoms with Gasteiger partial charge in [0.1, 0.15) is 5.38 Å². The van der Waals surface area contributed by atoms with Crippen molar-refractivity contribution in [3.05, 3.63) is 47.2 Å². The van der Waals surface area contributed by atoms with Gasteiger partial charge in [0.15, 0.2) is 11.2 Å². The van der Waals surface area contributed by atoms with Gasteiger partial charge in [0, 0.05) is 11.0 Å². The van der Waals surface area contributed by atoms with Crippen LogP contribution >= 0.6 is 11.6 Å². The molecule has 2 heterocycles. The highest BCUT2D eigenvalue weighted by molar-refractivity contribution is 7.93. The molecule has 0 bridgehead atoms. The Kier molecular flexibility index (Phi) is 4.92. The summed E-state index contributed by atoms with van der Waals surface area (Å²) < 4.78 is 31.3. The summed E-state index contributed by atoms with van der Waals surface area (Å²) in [6.45, 7) is 6.34. The van der Waals surface area contributed by atoms with Gasteiger partial charge in [-0.2, -0.15) is 0 Å². The molecule has 1 fully saturated rings. The molecule has 1 aromatic rings. The summed E-state index contributed by atoms with van der Waals surface area (Å²) in [5, 5.41) is -2.78. The number of rotatable bonds is 3. The van der Waals surface area contributed by atoms with E-state index in [1.807, 2.05) is 0 Å². The molecule has 0 aliphatic carbocycles. The van der Waals surface area contributed by atoms with Gasteiger partial charge < -0.3 is 4.74 Å². The summed E-state index contributed by atoms with van der Waals surface area (Å²) in [6.07, 6.45) is 0. The van der Waals surface area contributed by atoms with Gasteiger partial charge in [-0.15, -0.1) is 11.6 Å². The summed E-state index contributed by atoms with van der Waals surface area (Å²) in [5.74, 6) is -1.93. The number of esters is 1. The number of carbonyl (C=O) groups is 3. The maximum Gasteiger partial charge on any atom is 0.339 e. The molecule has 1 aromatic carbocycles. The first-order chi connectivity index (χ1) is 12.9. The zero-order chi connectivity index (χ0) is 21.0. The number of benzene rings is 1. The molecule has 1 saturated heterocycles. The topological polar surface area (TPSA) is 97.8 Å². The molecule has 9 heteroatoms. The number of hydrogen-bond acceptors (Lipinski definition) is 6. The third-order valence-corrected chi connectivity index (χ3v) is 7.48. The number of halogens is 1. The molecule has 0 spiro atoms. The highest BCUT2D eigenvalue weighted by atomic mass is 35.5. The van der Waals surface area contributed by atoms with Gasteiger partial charge in [-0.3, -0.25) is 14.5 Å². The van der Waals surface area contributed by atoms with Gasteiger partial charge in [0.2, 0.25) is 21.2 Å². The van der Waals surface area contributed by atoms with Crippen molar-refractivity contribution in [1.82, 2.24) is 4.90 Å². The van der Waals surface area contributed by atoms with Crippen molar-refractivity contribution in [2.45, 2.75) is 43.9 Å². The van der Waals surface area contributed by atoms with Crippen LogP contribution in [-0.2, 0) is 24.2 Å². The first-order valence-electron chi connectivity index (χ1n) is 8.60. The number of nitrogens with zero attached hydrogens (tertiary/aromatic N) is 1. The standard InChI is InChI=1S/C19H20ClNO6S/c1-10-13(14(22)19(2,3)4)21-15(23)12(20)16(21)28(25,26)18(10)27-17(24)11-8-6-5-7-9-11/h5-9,12,16,18H,1-4H3/t12-,16+,18?/m0/s1. The fourth-order valence-electron chi connectivity index (χ4n) is 3.19. The van der Waals surface area contributed by atoms with Crippen molar-refractivity contribution in [1.29, 1.82) is 0 Å². The third kappa shape index (κ3) is 3.04. The van der Waals surface area contributed by atoms with Crippen LogP contribution in [0.25, 0.3) is 0 Å². The normalized spacial score (nSPS) is 26.4. The SMILES string of the molecule is CC1=C(C(=O)C(C)(C)C)N2C(=O)[C@H](Cl)[C@H]2S(=O)(=O)C1OC(=O)c1ccccc1. The van der Waals surface area contributed by atoms with E-state index in [1.54, 1.807) is 39.0 Å². The van der Waals surface area contributed by atoms with E-state index >= 15 is 0 Å². The maximum atomic E-state index is 13.0. The Morgan fingerprint density at radius 1 is 1.14 bits per heavy atom. The summed E-state index contributed by atoms with van der Waals surface area (Å²) in [6, 6.07) is 7.91. The Hall–Kier alpha value is -2.19. The van der Waals surface area contributed by atoms with Crippen LogP contribution in [0, 0.1) is 5.41 Å². The van der Waals surface area contributed by atoms with Gasteiger partial charge in [-0.25, -0.2) is 13.2 Å². The minimum absolute atomic E-state index is 0.00243. The van der Waals surface area contributed by atoms with Crippen LogP contribution in [0.1, 0.15) is 38.1 Å². The summed E-state index contributed by atoms with van der Waals surface area (Å²) in [4.78, 5) is 38.6. The fourth-order valence-corrected chi connectivity index (χ4v) is 5.87. The minimum atomic E-state index is -4.19. The number of β-lactam (4-membered cyclic amide) rings is 1. The zero-order valence-corrected chi connectivity index (χ0v) is 17.4. The highest BCUT2D eigenvalue weighted by Crippen LogP contribution is 2.44. The fraction of sp³-hybridized carbons (Fsp3) is 0.421. The number of fused-ring (bicyclic) bond motifs is 1. The Bertz CT molecular complexity index is 993. The second-order valence-corrected chi connectivity index (χ2v) is 10.4. The predicted octanol–water partition coefficient (Wildman–Crippen LogP) is 2.26. The van der Waals surface area contributed by atoms with Crippen LogP contribution in [0.15, 0.2) is 41.6 Å². The molecule has 7 nitrogen and oxygen atoms in total. The van der Waals surface area contributed by atoms with Gasteiger partial charge in [-0.1, -0.05) is 39.0 Å². The smallest absolute Gasteiger partial charge is 0.339 e. The van der Waals surface area contributed by atoms with Crippen LogP contribution in [-0.4, -0.2) is 47.2 Å². The number of Topliss-reactive ketones (excluding diaryl/α,β-unsaturated/α-hetero) is 1. The molecule has 3 atom stereocenters. The predicted molar refractivity (Wildman–Crippen MR) is 102 cm³/mol. The molecule has 0 radical (unpaired) electrons. The van der Waals surface area contributed by atoms with E-state index in [4.69, 9.17) is 16.3 Å². The number of allylic oxidation sites excluding steroid dienone is 1. The lowest BCUT2D eigenvalue weighted by molar-refractivity contribution is -0.142. The molecule has 2 aliphatic heterocycles. The van der Waals surface area contributed by atoms with Gasteiger partial charge in [-0.05, 0) is 19.1 Å². The summed E-state index contributed by atoms with van der Waals surface area (Å²) >= 11 is 5.96. The van der Waals surface area contributed by atoms with Crippen molar-refractivity contribution in [3.63, 3.8) is 0 Å². The van der Waals surface area contributed by atoms with Crippen molar-refractivity contribution in [2.75, 3.05) is 0 Å². The molecule has 150 valence electrons. The number of ketones is 1. The number of hydrogen-bond donors (Lipinski definition) is 0. The third-order valence-electron chi connectivity index (χ3n) is 4.70. The van der Waals surface area contributed by atoms with Crippen LogP contribution in [0.5, 0.6) is 0 Å². The van der Waals surface area contributed by atoms with E-state index in [2.05, 4.69) is 0 Å². The van der Waals surface area contributed by atoms with E-state index in [9.17, 15) is 22.8 Å². The van der Waals surface area contributed by atoms with E-state index in [1.165, 1.54) is 19.1 Å². The van der Waals surface area contributed by atoms with Crippen molar-refractivity contribution < 1.29 is 27.5 Å². The van der Waals surface area contributed by atoms with Crippen LogP contribution < -0.4 is 0 Å². The van der Waals surface area contributed by atoms with E-state index < -0.39 is 49.1 Å². The van der Waals surface area contributed by atoms with Gasteiger partial charge >= 0.3 is 5.97 Å². The average Bonchev–Trinajstić information content (AvgIpc) is 2.63. The van der Waals surface area contributed by atoms with E-state index in [0.717, 1.165) is 4.90 Å². The minimum Gasteiger partial charge on any atom is -0.438 e. The molecular weight excluding hydrogens is 406 g/mol. The second-order valence-electron chi connectivity index (χ2n) is 7.80. The lowest BCUT2D eigenvalue weighted by Crippen LogP contribution is -2.70. The van der Waals surface area contributed by atoms with E-state index in [-0.39, 0.29) is 16.8 Å². The first-order valence-corrected chi connectivity index (χ1v) is 10.6. The Morgan fingerprint density at radius 2 is 1.71 bits per heavy atom. The molecule has 3 rings (SSSR count). The number of ether oxygens (including phenoxy) is 1. The molecule has 1 unspecified atom stereocenters. The number of sulfone groups is 1. The summed E-state index contributed by atoms with van der Waals surface area (Å²) in [5.41, 5.74) is -2.48. The molecular formula is C19H20ClNO6S. The Balaban J connectivity index is 2.11. The quantitative estimate of drug-likeness (QED) is 0.418. The van der Waals surface area contributed by atoms with Gasteiger partial charge in [0.25, 0.3) is 0 Å². The van der Waals surface area contributed by atoms with Crippen molar-refractivity contribution in [3.8, 4) is 0 Å². The molecule has 0 aromatic heterocycles. The molecule has 28 heavy (non-hydrogen) atoms. The summed E-state index contributed by atoms with van der Waals surface area (Å²) in [7, 11) is -4.19. The van der Waals surface area contributed by atoms with Crippen LogP contribution in [0.2, 0.25) is 0 Å². The number of alkyl halides is 1. The molecule has 0 saturated carbocycles. The lowest BCUT2D eigenvalue weighted by atomic mass is 9.86. The monoisotopic (exact) mass is 425 g/mol. The molecule has 0 N–H and O–H groups in total. The Morgan fingerprint density at radius 3 is 2.25 bits per heavy atom. The van der Waals surface area contributed by atoms with Crippen LogP contribution in [0.4, 0.5) is 0 Å². The second kappa shape index (κ2) is 6.70. The number of carbonyl (C=O) groups excluding carboxylic acids is 3. The lowest BCUT2D eigenvalue weighted by Gasteiger charge is -2.49. The van der Waals surface area contributed by atoms with Crippen molar-refractivity contribution in [2.24, 2.45) is 5.41 Å².